The first-order valence-electron chi connectivity index (χ1n) is 13.5. The summed E-state index contributed by atoms with van der Waals surface area (Å²) < 4.78 is 7.10. The van der Waals surface area contributed by atoms with E-state index in [-0.39, 0.29) is 30.8 Å². The zero-order valence-electron chi connectivity index (χ0n) is 23.1. The Bertz CT molecular complexity index is 1460. The predicted octanol–water partition coefficient (Wildman–Crippen LogP) is 5.25. The van der Waals surface area contributed by atoms with E-state index >= 15 is 0 Å². The number of nitrogens with one attached hydrogen (secondary N) is 3. The van der Waals surface area contributed by atoms with E-state index in [1.54, 1.807) is 45.0 Å². The summed E-state index contributed by atoms with van der Waals surface area (Å²) in [5, 5.41) is 18.9. The fourth-order valence-electron chi connectivity index (χ4n) is 4.56. The molecule has 1 aliphatic carbocycles. The monoisotopic (exact) mass is 541 g/mol. The highest BCUT2D eigenvalue weighted by Gasteiger charge is 2.20. The molecule has 3 N–H and O–H groups in total. The summed E-state index contributed by atoms with van der Waals surface area (Å²) in [6, 6.07) is 16.9. The maximum Gasteiger partial charge on any atom is 0.407 e. The van der Waals surface area contributed by atoms with Crippen molar-refractivity contribution < 1.29 is 19.1 Å². The fourth-order valence-corrected chi connectivity index (χ4v) is 4.56. The number of rotatable bonds is 8. The number of benzene rings is 2. The molecule has 9 nitrogen and oxygen atoms in total. The quantitative estimate of drug-likeness (QED) is 0.336. The predicted molar refractivity (Wildman–Crippen MR) is 154 cm³/mol. The van der Waals surface area contributed by atoms with Gasteiger partial charge in [0, 0.05) is 36.6 Å². The van der Waals surface area contributed by atoms with Crippen molar-refractivity contribution in [2.75, 3.05) is 11.9 Å². The maximum absolute atomic E-state index is 13.3. The van der Waals surface area contributed by atoms with Crippen LogP contribution in [0.2, 0.25) is 0 Å². The first-order chi connectivity index (χ1) is 19.1. The molecule has 0 radical (unpaired) electrons. The highest BCUT2D eigenvalue weighted by atomic mass is 16.6. The smallest absolute Gasteiger partial charge is 0.407 e. The standard InChI is InChI=1S/C31H35N5O4/c1-31(2,3)40-30(39)33-16-15-28(37)34-25-13-10-21(11-14-25)20-36-26-17-22(19-32)9-12-23(26)18-27(36)29(38)35-24-7-5-4-6-8-24/h4-5,9-14,17-18,24H,6-8,15-16,20H2,1-3H3,(H,33,39)(H,34,37)(H,35,38). The largest absolute Gasteiger partial charge is 0.444 e. The molecule has 0 bridgehead atoms. The Morgan fingerprint density at radius 1 is 1.07 bits per heavy atom. The van der Waals surface area contributed by atoms with Gasteiger partial charge in [0.1, 0.15) is 11.3 Å². The molecule has 1 aromatic heterocycles. The molecular weight excluding hydrogens is 506 g/mol. The summed E-state index contributed by atoms with van der Waals surface area (Å²) in [6.07, 6.45) is 6.44. The minimum absolute atomic E-state index is 0.0980. The van der Waals surface area contributed by atoms with Gasteiger partial charge in [0.05, 0.1) is 17.1 Å². The van der Waals surface area contributed by atoms with Crippen molar-refractivity contribution in [2.45, 2.75) is 64.6 Å². The Morgan fingerprint density at radius 3 is 2.52 bits per heavy atom. The number of nitrogens with zero attached hydrogens (tertiary/aromatic N) is 2. The van der Waals surface area contributed by atoms with Crippen molar-refractivity contribution in [1.82, 2.24) is 15.2 Å². The Labute approximate surface area is 234 Å². The van der Waals surface area contributed by atoms with E-state index in [1.807, 2.05) is 28.8 Å². The van der Waals surface area contributed by atoms with Gasteiger partial charge in [0.2, 0.25) is 5.91 Å². The molecule has 1 unspecified atom stereocenters. The summed E-state index contributed by atoms with van der Waals surface area (Å²) in [5.74, 6) is -0.375. The van der Waals surface area contributed by atoms with Crippen LogP contribution in [-0.2, 0) is 16.1 Å². The third-order valence-corrected chi connectivity index (χ3v) is 6.47. The van der Waals surface area contributed by atoms with Crippen LogP contribution in [0.4, 0.5) is 10.5 Å². The van der Waals surface area contributed by atoms with Gasteiger partial charge in [-0.25, -0.2) is 4.79 Å². The molecular formula is C31H35N5O4. The van der Waals surface area contributed by atoms with Gasteiger partial charge in [0.15, 0.2) is 0 Å². The number of fused-ring (bicyclic) bond motifs is 1. The van der Waals surface area contributed by atoms with E-state index < -0.39 is 11.7 Å². The SMILES string of the molecule is CC(C)(C)OC(=O)NCCC(=O)Nc1ccc(Cn2c(C(=O)NC3CC=CCC3)cc3ccc(C#N)cc32)cc1. The summed E-state index contributed by atoms with van der Waals surface area (Å²) in [4.78, 5) is 37.4. The van der Waals surface area contributed by atoms with Gasteiger partial charge in [-0.1, -0.05) is 30.4 Å². The number of alkyl carbamates (subject to hydrolysis) is 1. The number of carbonyl (C=O) groups is 3. The van der Waals surface area contributed by atoms with E-state index in [4.69, 9.17) is 4.74 Å². The first kappa shape index (κ1) is 28.4. The summed E-state index contributed by atoms with van der Waals surface area (Å²) in [5.41, 5.74) is 2.82. The van der Waals surface area contributed by atoms with E-state index in [1.165, 1.54) is 0 Å². The van der Waals surface area contributed by atoms with E-state index in [0.29, 0.717) is 23.5 Å². The van der Waals surface area contributed by atoms with E-state index in [0.717, 1.165) is 35.7 Å². The van der Waals surface area contributed by atoms with E-state index in [2.05, 4.69) is 34.2 Å². The lowest BCUT2D eigenvalue weighted by Gasteiger charge is -2.20. The number of carbonyl (C=O) groups excluding carboxylic acids is 3. The van der Waals surface area contributed by atoms with Gasteiger partial charge in [0.25, 0.3) is 5.91 Å². The van der Waals surface area contributed by atoms with E-state index in [9.17, 15) is 19.6 Å². The molecule has 208 valence electrons. The van der Waals surface area contributed by atoms with Crippen LogP contribution in [-0.4, -0.2) is 40.7 Å². The number of ether oxygens (including phenoxy) is 1. The number of aromatic nitrogens is 1. The third-order valence-electron chi connectivity index (χ3n) is 6.47. The van der Waals surface area contributed by atoms with Gasteiger partial charge >= 0.3 is 6.09 Å². The molecule has 1 atom stereocenters. The summed E-state index contributed by atoms with van der Waals surface area (Å²) in [7, 11) is 0. The molecule has 3 aromatic rings. The molecule has 1 aliphatic rings. The Hall–Kier alpha value is -4.58. The van der Waals surface area contributed by atoms with Gasteiger partial charge in [-0.15, -0.1) is 0 Å². The highest BCUT2D eigenvalue weighted by Crippen LogP contribution is 2.24. The van der Waals surface area contributed by atoms with Crippen LogP contribution in [0.15, 0.2) is 60.7 Å². The van der Waals surface area contributed by atoms with Crippen molar-refractivity contribution in [3.63, 3.8) is 0 Å². The number of hydrogen-bond acceptors (Lipinski definition) is 5. The van der Waals surface area contributed by atoms with Gasteiger partial charge in [-0.3, -0.25) is 9.59 Å². The molecule has 9 heteroatoms. The van der Waals surface area contributed by atoms with Crippen LogP contribution >= 0.6 is 0 Å². The summed E-state index contributed by atoms with van der Waals surface area (Å²) >= 11 is 0. The van der Waals surface area contributed by atoms with Crippen molar-refractivity contribution >= 4 is 34.5 Å². The number of allylic oxidation sites excluding steroid dienone is 1. The second kappa shape index (κ2) is 12.5. The molecule has 40 heavy (non-hydrogen) atoms. The van der Waals surface area contributed by atoms with Gasteiger partial charge in [-0.05, 0) is 75.9 Å². The normalized spacial score (nSPS) is 14.8. The van der Waals surface area contributed by atoms with Crippen LogP contribution < -0.4 is 16.0 Å². The Kier molecular flexibility index (Phi) is 8.90. The van der Waals surface area contributed by atoms with Crippen LogP contribution in [0.25, 0.3) is 10.9 Å². The number of nitriles is 1. The number of amides is 3. The van der Waals surface area contributed by atoms with Crippen LogP contribution in [0.3, 0.4) is 0 Å². The van der Waals surface area contributed by atoms with Crippen LogP contribution in [0.1, 0.15) is 68.1 Å². The Balaban J connectivity index is 1.43. The third kappa shape index (κ3) is 7.73. The molecule has 0 spiro atoms. The molecule has 3 amide bonds. The average Bonchev–Trinajstić information content (AvgIpc) is 3.27. The fraction of sp³-hybridized carbons (Fsp3) is 0.355. The molecule has 4 rings (SSSR count). The van der Waals surface area contributed by atoms with Crippen molar-refractivity contribution in [3.05, 3.63) is 77.5 Å². The minimum Gasteiger partial charge on any atom is -0.444 e. The van der Waals surface area contributed by atoms with Crippen molar-refractivity contribution in [2.24, 2.45) is 0 Å². The van der Waals surface area contributed by atoms with Crippen LogP contribution in [0.5, 0.6) is 0 Å². The zero-order chi connectivity index (χ0) is 28.7. The lowest BCUT2D eigenvalue weighted by molar-refractivity contribution is -0.116. The molecule has 1 heterocycles. The number of anilines is 1. The van der Waals surface area contributed by atoms with Crippen molar-refractivity contribution in [1.29, 1.82) is 5.26 Å². The highest BCUT2D eigenvalue weighted by molar-refractivity contribution is 5.99. The first-order valence-corrected chi connectivity index (χ1v) is 13.5. The zero-order valence-corrected chi connectivity index (χ0v) is 23.1. The van der Waals surface area contributed by atoms with Gasteiger partial charge < -0.3 is 25.3 Å². The molecule has 0 fully saturated rings. The Morgan fingerprint density at radius 2 is 1.85 bits per heavy atom. The maximum atomic E-state index is 13.3. The molecule has 0 aliphatic heterocycles. The van der Waals surface area contributed by atoms with Crippen molar-refractivity contribution in [3.8, 4) is 6.07 Å². The molecule has 2 aromatic carbocycles. The lowest BCUT2D eigenvalue weighted by Crippen LogP contribution is -2.36. The average molecular weight is 542 g/mol. The molecule has 0 saturated heterocycles. The number of hydrogen-bond donors (Lipinski definition) is 3. The van der Waals surface area contributed by atoms with Crippen LogP contribution in [0, 0.1) is 11.3 Å². The topological polar surface area (TPSA) is 125 Å². The second-order valence-corrected chi connectivity index (χ2v) is 10.9. The summed E-state index contributed by atoms with van der Waals surface area (Å²) in [6.45, 7) is 5.90. The minimum atomic E-state index is -0.601. The second-order valence-electron chi connectivity index (χ2n) is 10.9. The van der Waals surface area contributed by atoms with Gasteiger partial charge in [-0.2, -0.15) is 5.26 Å². The molecule has 0 saturated carbocycles. The lowest BCUT2D eigenvalue weighted by atomic mass is 10.0.